The predicted octanol–water partition coefficient (Wildman–Crippen LogP) is 3.58. The Morgan fingerprint density at radius 1 is 1.47 bits per heavy atom. The van der Waals surface area contributed by atoms with Gasteiger partial charge in [-0.25, -0.2) is 0 Å². The first-order chi connectivity index (χ1) is 6.99. The minimum atomic E-state index is -0.236. The maximum Gasteiger partial charge on any atom is 0.251 e. The average molecular weight is 309 g/mol. The molecule has 0 aliphatic rings. The van der Waals surface area contributed by atoms with Crippen LogP contribution in [0.3, 0.4) is 0 Å². The second-order valence-corrected chi connectivity index (χ2v) is 4.74. The lowest BCUT2D eigenvalue weighted by Crippen LogP contribution is -2.24. The van der Waals surface area contributed by atoms with Crippen molar-refractivity contribution in [2.24, 2.45) is 0 Å². The third kappa shape index (κ3) is 4.24. The van der Waals surface area contributed by atoms with Crippen molar-refractivity contribution in [2.45, 2.75) is 0 Å². The molecule has 1 amide bonds. The van der Waals surface area contributed by atoms with E-state index in [1.807, 2.05) is 0 Å². The quantitative estimate of drug-likeness (QED) is 0.908. The van der Waals surface area contributed by atoms with Crippen LogP contribution in [0.15, 0.2) is 34.3 Å². The molecule has 2 nitrogen and oxygen atoms in total. The first kappa shape index (κ1) is 12.6. The Balaban J connectivity index is 2.77. The molecule has 0 aliphatic carbocycles. The van der Waals surface area contributed by atoms with Crippen molar-refractivity contribution < 1.29 is 4.79 Å². The fourth-order valence-electron chi connectivity index (χ4n) is 0.963. The molecule has 15 heavy (non-hydrogen) atoms. The Labute approximate surface area is 106 Å². The molecule has 0 saturated carbocycles. The van der Waals surface area contributed by atoms with E-state index in [1.165, 1.54) is 0 Å². The standard InChI is InChI=1S/C10H8BrCl2NO/c1-6(12)5-14-10(15)7-2-8(11)4-9(13)3-7/h2-4H,1,5H2,(H,14,15). The van der Waals surface area contributed by atoms with Gasteiger partial charge in [-0.3, -0.25) is 4.79 Å². The van der Waals surface area contributed by atoms with Gasteiger partial charge < -0.3 is 5.32 Å². The van der Waals surface area contributed by atoms with Crippen LogP contribution in [0.2, 0.25) is 5.02 Å². The molecule has 0 spiro atoms. The highest BCUT2D eigenvalue weighted by molar-refractivity contribution is 9.10. The number of halogens is 3. The smallest absolute Gasteiger partial charge is 0.251 e. The second kappa shape index (κ2) is 5.54. The molecule has 1 rings (SSSR count). The largest absolute Gasteiger partial charge is 0.347 e. The highest BCUT2D eigenvalue weighted by atomic mass is 79.9. The van der Waals surface area contributed by atoms with Gasteiger partial charge >= 0.3 is 0 Å². The van der Waals surface area contributed by atoms with Gasteiger partial charge in [0.05, 0.1) is 6.54 Å². The van der Waals surface area contributed by atoms with E-state index in [2.05, 4.69) is 27.8 Å². The molecule has 1 aromatic rings. The van der Waals surface area contributed by atoms with Crippen molar-refractivity contribution in [1.29, 1.82) is 0 Å². The minimum Gasteiger partial charge on any atom is -0.347 e. The van der Waals surface area contributed by atoms with Gasteiger partial charge in [0, 0.05) is 20.1 Å². The Kier molecular flexibility index (Phi) is 4.64. The summed E-state index contributed by atoms with van der Waals surface area (Å²) in [7, 11) is 0. The molecule has 0 aromatic heterocycles. The van der Waals surface area contributed by atoms with Gasteiger partial charge in [0.2, 0.25) is 0 Å². The van der Waals surface area contributed by atoms with Crippen LogP contribution in [0.25, 0.3) is 0 Å². The zero-order valence-electron chi connectivity index (χ0n) is 7.69. The van der Waals surface area contributed by atoms with Crippen molar-refractivity contribution >= 4 is 45.0 Å². The molecule has 1 N–H and O–H groups in total. The molecule has 0 aliphatic heterocycles. The van der Waals surface area contributed by atoms with Gasteiger partial charge in [-0.1, -0.05) is 45.7 Å². The van der Waals surface area contributed by atoms with Gasteiger partial charge in [0.15, 0.2) is 0 Å². The van der Waals surface area contributed by atoms with Crippen molar-refractivity contribution in [1.82, 2.24) is 5.32 Å². The number of carbonyl (C=O) groups is 1. The minimum absolute atomic E-state index is 0.236. The molecular formula is C10H8BrCl2NO. The summed E-state index contributed by atoms with van der Waals surface area (Å²) < 4.78 is 0.754. The topological polar surface area (TPSA) is 29.1 Å². The molecular weight excluding hydrogens is 301 g/mol. The number of amides is 1. The van der Waals surface area contributed by atoms with Crippen LogP contribution in [0.5, 0.6) is 0 Å². The second-order valence-electron chi connectivity index (χ2n) is 2.86. The lowest BCUT2D eigenvalue weighted by molar-refractivity contribution is 0.0957. The molecule has 0 atom stereocenters. The van der Waals surface area contributed by atoms with Gasteiger partial charge in [0.1, 0.15) is 0 Å². The van der Waals surface area contributed by atoms with E-state index in [0.717, 1.165) is 4.47 Å². The molecule has 0 fully saturated rings. The maximum absolute atomic E-state index is 11.6. The summed E-state index contributed by atoms with van der Waals surface area (Å²) >= 11 is 14.6. The van der Waals surface area contributed by atoms with Gasteiger partial charge in [-0.05, 0) is 18.2 Å². The predicted molar refractivity (Wildman–Crippen MR) is 66.5 cm³/mol. The molecule has 1 aromatic carbocycles. The van der Waals surface area contributed by atoms with Crippen LogP contribution in [0, 0.1) is 0 Å². The molecule has 0 unspecified atom stereocenters. The molecule has 80 valence electrons. The van der Waals surface area contributed by atoms with Crippen molar-refractivity contribution in [3.05, 3.63) is 44.9 Å². The Bertz CT molecular complexity index is 386. The van der Waals surface area contributed by atoms with Gasteiger partial charge in [0.25, 0.3) is 5.91 Å². The SMILES string of the molecule is C=C(Cl)CNC(=O)c1cc(Cl)cc(Br)c1. The lowest BCUT2D eigenvalue weighted by Gasteiger charge is -2.04. The molecule has 0 bridgehead atoms. The van der Waals surface area contributed by atoms with E-state index in [1.54, 1.807) is 18.2 Å². The average Bonchev–Trinajstić information content (AvgIpc) is 2.12. The van der Waals surface area contributed by atoms with Crippen LogP contribution in [0.1, 0.15) is 10.4 Å². The molecule has 0 radical (unpaired) electrons. The third-order valence-electron chi connectivity index (χ3n) is 1.57. The highest BCUT2D eigenvalue weighted by Gasteiger charge is 2.07. The number of benzene rings is 1. The monoisotopic (exact) mass is 307 g/mol. The lowest BCUT2D eigenvalue weighted by atomic mass is 10.2. The van der Waals surface area contributed by atoms with Crippen LogP contribution < -0.4 is 5.32 Å². The Morgan fingerprint density at radius 2 is 2.13 bits per heavy atom. The van der Waals surface area contributed by atoms with Crippen LogP contribution in [0.4, 0.5) is 0 Å². The van der Waals surface area contributed by atoms with Crippen LogP contribution in [-0.4, -0.2) is 12.5 Å². The first-order valence-corrected chi connectivity index (χ1v) is 5.61. The fraction of sp³-hybridized carbons (Fsp3) is 0.100. The van der Waals surface area contributed by atoms with E-state index < -0.39 is 0 Å². The fourth-order valence-corrected chi connectivity index (χ4v) is 1.89. The third-order valence-corrected chi connectivity index (χ3v) is 2.38. The summed E-state index contributed by atoms with van der Waals surface area (Å²) in [6, 6.07) is 4.97. The highest BCUT2D eigenvalue weighted by Crippen LogP contribution is 2.19. The summed E-state index contributed by atoms with van der Waals surface area (Å²) in [5.74, 6) is -0.236. The summed E-state index contributed by atoms with van der Waals surface area (Å²) in [4.78, 5) is 11.6. The normalized spacial score (nSPS) is 9.80. The summed E-state index contributed by atoms with van der Waals surface area (Å²) in [5, 5.41) is 3.48. The van der Waals surface area contributed by atoms with E-state index in [4.69, 9.17) is 23.2 Å². The summed E-state index contributed by atoms with van der Waals surface area (Å²) in [6.07, 6.45) is 0. The first-order valence-electron chi connectivity index (χ1n) is 4.06. The maximum atomic E-state index is 11.6. The zero-order valence-corrected chi connectivity index (χ0v) is 10.8. The number of hydrogen-bond acceptors (Lipinski definition) is 1. The summed E-state index contributed by atoms with van der Waals surface area (Å²) in [5.41, 5.74) is 0.479. The number of carbonyl (C=O) groups excluding carboxylic acids is 1. The number of nitrogens with one attached hydrogen (secondary N) is 1. The van der Waals surface area contributed by atoms with Gasteiger partial charge in [-0.2, -0.15) is 0 Å². The van der Waals surface area contributed by atoms with E-state index in [9.17, 15) is 4.79 Å². The van der Waals surface area contributed by atoms with Crippen LogP contribution in [-0.2, 0) is 0 Å². The van der Waals surface area contributed by atoms with Crippen molar-refractivity contribution in [2.75, 3.05) is 6.54 Å². The van der Waals surface area contributed by atoms with Crippen LogP contribution >= 0.6 is 39.1 Å². The molecule has 5 heteroatoms. The Morgan fingerprint density at radius 3 is 2.67 bits per heavy atom. The zero-order chi connectivity index (χ0) is 11.4. The van der Waals surface area contributed by atoms with Gasteiger partial charge in [-0.15, -0.1) is 0 Å². The molecule has 0 saturated heterocycles. The van der Waals surface area contributed by atoms with Crippen molar-refractivity contribution in [3.63, 3.8) is 0 Å². The number of hydrogen-bond donors (Lipinski definition) is 1. The van der Waals surface area contributed by atoms with E-state index in [0.29, 0.717) is 15.6 Å². The molecule has 0 heterocycles. The van der Waals surface area contributed by atoms with Crippen molar-refractivity contribution in [3.8, 4) is 0 Å². The van der Waals surface area contributed by atoms with E-state index >= 15 is 0 Å². The van der Waals surface area contributed by atoms with E-state index in [-0.39, 0.29) is 12.5 Å². The Hall–Kier alpha value is -0.510. The summed E-state index contributed by atoms with van der Waals surface area (Å²) in [6.45, 7) is 3.71. The number of rotatable bonds is 3.